The molecule has 1 aromatic carbocycles. The van der Waals surface area contributed by atoms with Gasteiger partial charge in [-0.3, -0.25) is 14.8 Å². The highest BCUT2D eigenvalue weighted by Gasteiger charge is 2.27. The van der Waals surface area contributed by atoms with Gasteiger partial charge in [0.15, 0.2) is 5.96 Å². The highest BCUT2D eigenvalue weighted by molar-refractivity contribution is 14.0. The van der Waals surface area contributed by atoms with Gasteiger partial charge in [-0.2, -0.15) is 0 Å². The predicted molar refractivity (Wildman–Crippen MR) is 140 cm³/mol. The SMILES string of the molecule is CCNC(=NCCC(C)N(C)Cc1ccccc1)N1CCC(CN2CCOCC2)C1.I. The van der Waals surface area contributed by atoms with Crippen LogP contribution in [0.15, 0.2) is 35.3 Å². The number of ether oxygens (including phenoxy) is 1. The van der Waals surface area contributed by atoms with E-state index in [1.165, 1.54) is 18.5 Å². The molecule has 0 aliphatic carbocycles. The Bertz CT molecular complexity index is 638. The molecule has 2 atom stereocenters. The second-order valence-electron chi connectivity index (χ2n) is 8.79. The molecule has 2 saturated heterocycles. The molecule has 2 heterocycles. The van der Waals surface area contributed by atoms with E-state index in [4.69, 9.17) is 9.73 Å². The maximum absolute atomic E-state index is 5.48. The fraction of sp³-hybridized carbons (Fsp3) is 0.708. The summed E-state index contributed by atoms with van der Waals surface area (Å²) in [6, 6.07) is 11.2. The highest BCUT2D eigenvalue weighted by atomic mass is 127. The van der Waals surface area contributed by atoms with Crippen molar-refractivity contribution in [1.29, 1.82) is 0 Å². The molecular formula is C24H42IN5O. The topological polar surface area (TPSA) is 43.3 Å². The number of hydrogen-bond acceptors (Lipinski definition) is 4. The normalized spacial score (nSPS) is 21.2. The molecule has 1 aromatic rings. The monoisotopic (exact) mass is 543 g/mol. The number of nitrogens with zero attached hydrogens (tertiary/aromatic N) is 4. The molecule has 0 saturated carbocycles. The Kier molecular flexibility index (Phi) is 12.1. The van der Waals surface area contributed by atoms with Crippen molar-refractivity contribution in [3.8, 4) is 0 Å². The van der Waals surface area contributed by atoms with E-state index in [2.05, 4.69) is 71.2 Å². The summed E-state index contributed by atoms with van der Waals surface area (Å²) in [5.41, 5.74) is 1.37. The van der Waals surface area contributed by atoms with Crippen molar-refractivity contribution in [2.45, 2.75) is 39.3 Å². The minimum atomic E-state index is 0. The van der Waals surface area contributed by atoms with Crippen LogP contribution in [-0.4, -0.2) is 92.8 Å². The average Bonchev–Trinajstić information content (AvgIpc) is 3.22. The molecule has 1 N–H and O–H groups in total. The van der Waals surface area contributed by atoms with Crippen LogP contribution in [-0.2, 0) is 11.3 Å². The lowest BCUT2D eigenvalue weighted by Gasteiger charge is -2.29. The first-order chi connectivity index (χ1) is 14.7. The van der Waals surface area contributed by atoms with Gasteiger partial charge in [-0.05, 0) is 45.2 Å². The summed E-state index contributed by atoms with van der Waals surface area (Å²) in [4.78, 5) is 12.4. The summed E-state index contributed by atoms with van der Waals surface area (Å²) < 4.78 is 5.48. The van der Waals surface area contributed by atoms with Crippen molar-refractivity contribution in [3.05, 3.63) is 35.9 Å². The van der Waals surface area contributed by atoms with Crippen molar-refractivity contribution in [3.63, 3.8) is 0 Å². The summed E-state index contributed by atoms with van der Waals surface area (Å²) in [7, 11) is 2.21. The first kappa shape index (κ1) is 26.4. The summed E-state index contributed by atoms with van der Waals surface area (Å²) >= 11 is 0. The minimum absolute atomic E-state index is 0. The lowest BCUT2D eigenvalue weighted by molar-refractivity contribution is 0.0315. The van der Waals surface area contributed by atoms with Crippen molar-refractivity contribution in [2.75, 3.05) is 66.1 Å². The molecule has 176 valence electrons. The summed E-state index contributed by atoms with van der Waals surface area (Å²) in [6.45, 7) is 14.6. The van der Waals surface area contributed by atoms with Crippen LogP contribution in [0, 0.1) is 5.92 Å². The van der Waals surface area contributed by atoms with Gasteiger partial charge in [0, 0.05) is 58.4 Å². The average molecular weight is 544 g/mol. The van der Waals surface area contributed by atoms with E-state index in [0.29, 0.717) is 6.04 Å². The van der Waals surface area contributed by atoms with E-state index in [-0.39, 0.29) is 24.0 Å². The van der Waals surface area contributed by atoms with Crippen LogP contribution < -0.4 is 5.32 Å². The molecule has 0 spiro atoms. The van der Waals surface area contributed by atoms with Crippen molar-refractivity contribution in [2.24, 2.45) is 10.9 Å². The number of nitrogens with one attached hydrogen (secondary N) is 1. The Balaban J connectivity index is 0.00000341. The molecule has 0 radical (unpaired) electrons. The zero-order valence-corrected chi connectivity index (χ0v) is 22.0. The molecule has 0 bridgehead atoms. The van der Waals surface area contributed by atoms with Crippen LogP contribution in [0.5, 0.6) is 0 Å². The molecule has 0 aromatic heterocycles. The highest BCUT2D eigenvalue weighted by Crippen LogP contribution is 2.18. The van der Waals surface area contributed by atoms with E-state index in [9.17, 15) is 0 Å². The Labute approximate surface area is 206 Å². The number of rotatable bonds is 9. The van der Waals surface area contributed by atoms with Gasteiger partial charge in [-0.15, -0.1) is 24.0 Å². The third-order valence-electron chi connectivity index (χ3n) is 6.38. The van der Waals surface area contributed by atoms with E-state index in [1.54, 1.807) is 0 Å². The number of morpholine rings is 1. The van der Waals surface area contributed by atoms with Gasteiger partial charge in [0.05, 0.1) is 13.2 Å². The molecule has 2 fully saturated rings. The molecular weight excluding hydrogens is 501 g/mol. The number of guanidine groups is 1. The largest absolute Gasteiger partial charge is 0.379 e. The Morgan fingerprint density at radius 3 is 2.68 bits per heavy atom. The minimum Gasteiger partial charge on any atom is -0.379 e. The predicted octanol–water partition coefficient (Wildman–Crippen LogP) is 3.13. The van der Waals surface area contributed by atoms with Gasteiger partial charge >= 0.3 is 0 Å². The third-order valence-corrected chi connectivity index (χ3v) is 6.38. The van der Waals surface area contributed by atoms with Gasteiger partial charge in [0.25, 0.3) is 0 Å². The number of hydrogen-bond donors (Lipinski definition) is 1. The van der Waals surface area contributed by atoms with Crippen molar-refractivity contribution in [1.82, 2.24) is 20.0 Å². The van der Waals surface area contributed by atoms with E-state index in [0.717, 1.165) is 77.3 Å². The lowest BCUT2D eigenvalue weighted by Crippen LogP contribution is -2.42. The second kappa shape index (κ2) is 14.3. The van der Waals surface area contributed by atoms with Crippen LogP contribution in [0.4, 0.5) is 0 Å². The lowest BCUT2D eigenvalue weighted by atomic mass is 10.1. The van der Waals surface area contributed by atoms with E-state index < -0.39 is 0 Å². The Morgan fingerprint density at radius 2 is 1.97 bits per heavy atom. The molecule has 0 amide bonds. The quantitative estimate of drug-likeness (QED) is 0.295. The molecule has 2 aliphatic rings. The summed E-state index contributed by atoms with van der Waals surface area (Å²) in [5.74, 6) is 1.84. The first-order valence-electron chi connectivity index (χ1n) is 11.7. The molecule has 3 rings (SSSR count). The van der Waals surface area contributed by atoms with Crippen LogP contribution in [0.25, 0.3) is 0 Å². The van der Waals surface area contributed by atoms with Crippen molar-refractivity contribution < 1.29 is 4.74 Å². The summed E-state index contributed by atoms with van der Waals surface area (Å²) in [6.07, 6.45) is 2.33. The maximum atomic E-state index is 5.48. The van der Waals surface area contributed by atoms with E-state index in [1.807, 2.05) is 0 Å². The Hall–Kier alpha value is -0.900. The fourth-order valence-electron chi connectivity index (χ4n) is 4.35. The fourth-order valence-corrected chi connectivity index (χ4v) is 4.35. The van der Waals surface area contributed by atoms with Crippen LogP contribution in [0.1, 0.15) is 32.3 Å². The molecule has 6 nitrogen and oxygen atoms in total. The Morgan fingerprint density at radius 1 is 1.23 bits per heavy atom. The third kappa shape index (κ3) is 8.86. The van der Waals surface area contributed by atoms with Gasteiger partial charge in [0.1, 0.15) is 0 Å². The maximum Gasteiger partial charge on any atom is 0.193 e. The summed E-state index contributed by atoms with van der Waals surface area (Å²) in [5, 5.41) is 3.52. The zero-order valence-electron chi connectivity index (χ0n) is 19.6. The van der Waals surface area contributed by atoms with Crippen molar-refractivity contribution >= 4 is 29.9 Å². The number of likely N-dealkylation sites (tertiary alicyclic amines) is 1. The number of aliphatic imine (C=N–C) groups is 1. The smallest absolute Gasteiger partial charge is 0.193 e. The molecule has 2 unspecified atom stereocenters. The van der Waals surface area contributed by atoms with E-state index >= 15 is 0 Å². The molecule has 7 heteroatoms. The number of halogens is 1. The first-order valence-corrected chi connectivity index (χ1v) is 11.7. The van der Waals surface area contributed by atoms with Crippen LogP contribution in [0.3, 0.4) is 0 Å². The zero-order chi connectivity index (χ0) is 21.2. The second-order valence-corrected chi connectivity index (χ2v) is 8.79. The van der Waals surface area contributed by atoms with Crippen LogP contribution in [0.2, 0.25) is 0 Å². The standard InChI is InChI=1S/C24H41N5O.HI/c1-4-25-24(29-13-11-23(20-29)19-28-14-16-30-17-15-28)26-12-10-21(2)27(3)18-22-8-6-5-7-9-22;/h5-9,21,23H,4,10-20H2,1-3H3,(H,25,26);1H. The molecule has 31 heavy (non-hydrogen) atoms. The van der Waals surface area contributed by atoms with Gasteiger partial charge in [0.2, 0.25) is 0 Å². The van der Waals surface area contributed by atoms with Gasteiger partial charge in [-0.1, -0.05) is 30.3 Å². The van der Waals surface area contributed by atoms with Gasteiger partial charge < -0.3 is 15.0 Å². The molecule has 2 aliphatic heterocycles. The number of benzene rings is 1. The van der Waals surface area contributed by atoms with Gasteiger partial charge in [-0.25, -0.2) is 0 Å². The van der Waals surface area contributed by atoms with Crippen LogP contribution >= 0.6 is 24.0 Å².